The zero-order valence-corrected chi connectivity index (χ0v) is 15.9. The van der Waals surface area contributed by atoms with Crippen LogP contribution in [-0.4, -0.2) is 36.5 Å². The van der Waals surface area contributed by atoms with Gasteiger partial charge < -0.3 is 10.2 Å². The highest BCUT2D eigenvalue weighted by Gasteiger charge is 2.37. The molecule has 1 N–H and O–H groups in total. The van der Waals surface area contributed by atoms with E-state index in [1.54, 1.807) is 0 Å². The summed E-state index contributed by atoms with van der Waals surface area (Å²) < 4.78 is 78.3. The standard InChI is InChI=1S/C21H20F6N2O/c22-20(23,24)16-8-15(9-17(11-16)21(25,26)27)6-7-29-18(12-28-13-19(29)30)10-14-4-2-1-3-5-14/h1-5,8-9,11,18,28H,6-7,10,12-13H2/t18-/m0/s1. The molecule has 0 saturated carbocycles. The van der Waals surface area contributed by atoms with Gasteiger partial charge in [0.2, 0.25) is 5.91 Å². The normalized spacial score (nSPS) is 18.0. The lowest BCUT2D eigenvalue weighted by Crippen LogP contribution is -2.56. The molecular formula is C21H20F6N2O. The third kappa shape index (κ3) is 5.53. The fourth-order valence-corrected chi connectivity index (χ4v) is 3.55. The summed E-state index contributed by atoms with van der Waals surface area (Å²) in [5, 5.41) is 3.00. The molecule has 0 spiro atoms. The van der Waals surface area contributed by atoms with Gasteiger partial charge in [-0.05, 0) is 42.2 Å². The van der Waals surface area contributed by atoms with Gasteiger partial charge in [0.05, 0.1) is 17.7 Å². The molecule has 0 aliphatic carbocycles. The molecule has 1 atom stereocenters. The maximum Gasteiger partial charge on any atom is 0.416 e. The van der Waals surface area contributed by atoms with Crippen molar-refractivity contribution in [1.82, 2.24) is 10.2 Å². The predicted molar refractivity (Wildman–Crippen MR) is 98.7 cm³/mol. The molecule has 0 radical (unpaired) electrons. The third-order valence-corrected chi connectivity index (χ3v) is 5.02. The average Bonchev–Trinajstić information content (AvgIpc) is 2.67. The quantitative estimate of drug-likeness (QED) is 0.718. The van der Waals surface area contributed by atoms with Gasteiger partial charge >= 0.3 is 12.4 Å². The number of carbonyl (C=O) groups is 1. The Hall–Kier alpha value is -2.55. The van der Waals surface area contributed by atoms with Crippen LogP contribution >= 0.6 is 0 Å². The summed E-state index contributed by atoms with van der Waals surface area (Å²) in [6.07, 6.45) is -9.35. The molecule has 162 valence electrons. The number of nitrogens with zero attached hydrogens (tertiary/aromatic N) is 1. The van der Waals surface area contributed by atoms with Crippen molar-refractivity contribution in [2.45, 2.75) is 31.2 Å². The minimum Gasteiger partial charge on any atom is -0.337 e. The van der Waals surface area contributed by atoms with Gasteiger partial charge in [0.1, 0.15) is 0 Å². The number of nitrogens with one attached hydrogen (secondary N) is 1. The van der Waals surface area contributed by atoms with Crippen molar-refractivity contribution in [3.8, 4) is 0 Å². The molecule has 2 aromatic rings. The number of carbonyl (C=O) groups excluding carboxylic acids is 1. The smallest absolute Gasteiger partial charge is 0.337 e. The first-order valence-corrected chi connectivity index (χ1v) is 9.36. The van der Waals surface area contributed by atoms with Crippen molar-refractivity contribution in [1.29, 1.82) is 0 Å². The van der Waals surface area contributed by atoms with Crippen LogP contribution in [0.5, 0.6) is 0 Å². The number of hydrogen-bond donors (Lipinski definition) is 1. The number of benzene rings is 2. The van der Waals surface area contributed by atoms with Gasteiger partial charge in [-0.15, -0.1) is 0 Å². The first-order valence-electron chi connectivity index (χ1n) is 9.36. The van der Waals surface area contributed by atoms with E-state index in [2.05, 4.69) is 5.32 Å². The molecule has 0 aromatic heterocycles. The summed E-state index contributed by atoms with van der Waals surface area (Å²) in [5.74, 6) is -0.231. The highest BCUT2D eigenvalue weighted by molar-refractivity contribution is 5.79. The molecule has 1 aliphatic rings. The topological polar surface area (TPSA) is 32.3 Å². The van der Waals surface area contributed by atoms with E-state index in [1.807, 2.05) is 30.3 Å². The molecule has 3 rings (SSSR count). The fourth-order valence-electron chi connectivity index (χ4n) is 3.55. The summed E-state index contributed by atoms with van der Waals surface area (Å²) in [6.45, 7) is 0.620. The van der Waals surface area contributed by atoms with E-state index in [-0.39, 0.29) is 43.1 Å². The summed E-state index contributed by atoms with van der Waals surface area (Å²) in [7, 11) is 0. The zero-order chi connectivity index (χ0) is 21.9. The van der Waals surface area contributed by atoms with Crippen LogP contribution in [0.2, 0.25) is 0 Å². The van der Waals surface area contributed by atoms with E-state index in [9.17, 15) is 31.1 Å². The summed E-state index contributed by atoms with van der Waals surface area (Å²) in [4.78, 5) is 13.9. The molecule has 1 heterocycles. The molecule has 0 bridgehead atoms. The fraction of sp³-hybridized carbons (Fsp3) is 0.381. The van der Waals surface area contributed by atoms with Crippen LogP contribution in [0.1, 0.15) is 22.3 Å². The molecule has 1 saturated heterocycles. The Morgan fingerprint density at radius 3 is 2.07 bits per heavy atom. The van der Waals surface area contributed by atoms with Crippen molar-refractivity contribution < 1.29 is 31.1 Å². The lowest BCUT2D eigenvalue weighted by atomic mass is 10.00. The van der Waals surface area contributed by atoms with E-state index in [1.165, 1.54) is 4.90 Å². The minimum absolute atomic E-state index is 0.0383. The molecular weight excluding hydrogens is 410 g/mol. The Morgan fingerprint density at radius 1 is 0.900 bits per heavy atom. The first-order chi connectivity index (χ1) is 14.0. The highest BCUT2D eigenvalue weighted by Crippen LogP contribution is 2.36. The van der Waals surface area contributed by atoms with E-state index in [0.29, 0.717) is 25.1 Å². The molecule has 3 nitrogen and oxygen atoms in total. The second-order valence-corrected chi connectivity index (χ2v) is 7.23. The molecule has 0 unspecified atom stereocenters. The number of piperazine rings is 1. The maximum absolute atomic E-state index is 13.1. The van der Waals surface area contributed by atoms with E-state index in [0.717, 1.165) is 5.56 Å². The highest BCUT2D eigenvalue weighted by atomic mass is 19.4. The second-order valence-electron chi connectivity index (χ2n) is 7.23. The summed E-state index contributed by atoms with van der Waals surface area (Å²) in [6, 6.07) is 10.7. The Labute approximate surface area is 169 Å². The number of rotatable bonds is 5. The zero-order valence-electron chi connectivity index (χ0n) is 15.9. The Kier molecular flexibility index (Phi) is 6.40. The van der Waals surface area contributed by atoms with Crippen molar-refractivity contribution in [2.24, 2.45) is 0 Å². The molecule has 1 aliphatic heterocycles. The summed E-state index contributed by atoms with van der Waals surface area (Å²) in [5.41, 5.74) is -1.82. The molecule has 2 aromatic carbocycles. The third-order valence-electron chi connectivity index (χ3n) is 5.02. The monoisotopic (exact) mass is 430 g/mol. The van der Waals surface area contributed by atoms with Gasteiger partial charge in [-0.3, -0.25) is 4.79 Å². The Morgan fingerprint density at radius 2 is 1.50 bits per heavy atom. The average molecular weight is 430 g/mol. The van der Waals surface area contributed by atoms with Crippen LogP contribution in [0.25, 0.3) is 0 Å². The number of alkyl halides is 6. The van der Waals surface area contributed by atoms with Crippen LogP contribution in [0.15, 0.2) is 48.5 Å². The number of halogens is 6. The minimum atomic E-state index is -4.89. The lowest BCUT2D eigenvalue weighted by Gasteiger charge is -2.36. The maximum atomic E-state index is 13.1. The first kappa shape index (κ1) is 22.1. The van der Waals surface area contributed by atoms with Crippen molar-refractivity contribution in [3.63, 3.8) is 0 Å². The summed E-state index contributed by atoms with van der Waals surface area (Å²) >= 11 is 0. The Balaban J connectivity index is 1.80. The van der Waals surface area contributed by atoms with Gasteiger partial charge in [-0.2, -0.15) is 26.3 Å². The molecule has 30 heavy (non-hydrogen) atoms. The van der Waals surface area contributed by atoms with E-state index < -0.39 is 23.5 Å². The van der Waals surface area contributed by atoms with Gasteiger partial charge in [-0.25, -0.2) is 0 Å². The largest absolute Gasteiger partial charge is 0.416 e. The number of hydrogen-bond acceptors (Lipinski definition) is 2. The molecule has 9 heteroatoms. The van der Waals surface area contributed by atoms with E-state index >= 15 is 0 Å². The van der Waals surface area contributed by atoms with Crippen LogP contribution in [0.4, 0.5) is 26.3 Å². The SMILES string of the molecule is O=C1CNC[C@H](Cc2ccccc2)N1CCc1cc(C(F)(F)F)cc(C(F)(F)F)c1. The van der Waals surface area contributed by atoms with Gasteiger partial charge in [-0.1, -0.05) is 30.3 Å². The number of amides is 1. The molecule has 1 amide bonds. The predicted octanol–water partition coefficient (Wildman–Crippen LogP) is 4.31. The van der Waals surface area contributed by atoms with Gasteiger partial charge in [0, 0.05) is 19.1 Å². The van der Waals surface area contributed by atoms with Crippen LogP contribution in [0.3, 0.4) is 0 Å². The van der Waals surface area contributed by atoms with Crippen molar-refractivity contribution in [3.05, 3.63) is 70.8 Å². The van der Waals surface area contributed by atoms with Crippen molar-refractivity contribution in [2.75, 3.05) is 19.6 Å². The van der Waals surface area contributed by atoms with Crippen molar-refractivity contribution >= 4 is 5.91 Å². The van der Waals surface area contributed by atoms with E-state index in [4.69, 9.17) is 0 Å². The Bertz CT molecular complexity index is 847. The van der Waals surface area contributed by atoms with Crippen LogP contribution in [-0.2, 0) is 30.0 Å². The van der Waals surface area contributed by atoms with Crippen LogP contribution in [0, 0.1) is 0 Å². The van der Waals surface area contributed by atoms with Gasteiger partial charge in [0.15, 0.2) is 0 Å². The molecule has 1 fully saturated rings. The van der Waals surface area contributed by atoms with Crippen LogP contribution < -0.4 is 5.32 Å². The lowest BCUT2D eigenvalue weighted by molar-refractivity contribution is -0.143. The van der Waals surface area contributed by atoms with Gasteiger partial charge in [0.25, 0.3) is 0 Å². The second kappa shape index (κ2) is 8.67.